The van der Waals surface area contributed by atoms with Gasteiger partial charge >= 0.3 is 0 Å². The third-order valence-corrected chi connectivity index (χ3v) is 30.0. The molecule has 0 aliphatic carbocycles. The van der Waals surface area contributed by atoms with E-state index < -0.39 is 45.5 Å². The normalized spacial score (nSPS) is 16.2. The number of rotatable bonds is 12. The van der Waals surface area contributed by atoms with Gasteiger partial charge in [-0.05, 0) is 95.5 Å². The Morgan fingerprint density at radius 2 is 0.615 bits per heavy atom. The largest absolute Gasteiger partial charge is 0.406 e. The highest BCUT2D eigenvalue weighted by atomic mass is 28.4. The molecule has 0 unspecified atom stereocenters. The molecule has 8 heteroatoms. The summed E-state index contributed by atoms with van der Waals surface area (Å²) in [4.78, 5) is 0. The predicted molar refractivity (Wildman–Crippen MR) is 235 cm³/mol. The Kier molecular flexibility index (Phi) is 15.1. The third-order valence-electron chi connectivity index (χ3n) is 12.2. The second-order valence-corrected chi connectivity index (χ2v) is 39.6. The Balaban J connectivity index is 2.85. The summed E-state index contributed by atoms with van der Waals surface area (Å²) < 4.78 is 28.8. The molecule has 2 aromatic rings. The van der Waals surface area contributed by atoms with Gasteiger partial charge in [0, 0.05) is 0 Å². The van der Waals surface area contributed by atoms with E-state index in [0.717, 1.165) is 11.1 Å². The molecular weight excluding hydrogens is 705 g/mol. The van der Waals surface area contributed by atoms with Crippen molar-refractivity contribution >= 4 is 33.3 Å². The summed E-state index contributed by atoms with van der Waals surface area (Å²) in [5.41, 5.74) is 2.15. The number of benzene rings is 2. The van der Waals surface area contributed by atoms with Crippen LogP contribution < -0.4 is 0 Å². The summed E-state index contributed by atoms with van der Waals surface area (Å²) in [6.07, 6.45) is -1.72. The molecular formula is C44H74O4Si4. The molecule has 0 aliphatic rings. The van der Waals surface area contributed by atoms with E-state index in [1.807, 2.05) is 12.1 Å². The van der Waals surface area contributed by atoms with Crippen molar-refractivity contribution in [2.24, 2.45) is 0 Å². The fourth-order valence-corrected chi connectivity index (χ4v) is 9.26. The quantitative estimate of drug-likeness (QED) is 0.159. The molecule has 0 aliphatic heterocycles. The first-order chi connectivity index (χ1) is 23.3. The van der Waals surface area contributed by atoms with Gasteiger partial charge in [-0.2, -0.15) is 0 Å². The van der Waals surface area contributed by atoms with Gasteiger partial charge in [0.15, 0.2) is 33.3 Å². The average molecular weight is 779 g/mol. The first kappa shape index (κ1) is 46.4. The lowest BCUT2D eigenvalue weighted by Gasteiger charge is -2.44. The van der Waals surface area contributed by atoms with E-state index in [-0.39, 0.29) is 32.4 Å². The molecule has 52 heavy (non-hydrogen) atoms. The van der Waals surface area contributed by atoms with Crippen molar-refractivity contribution in [2.75, 3.05) is 0 Å². The van der Waals surface area contributed by atoms with Crippen LogP contribution in [0.15, 0.2) is 60.7 Å². The Hall–Kier alpha value is -1.73. The summed E-state index contributed by atoms with van der Waals surface area (Å²) in [6.45, 7) is 45.6. The molecule has 2 aromatic carbocycles. The van der Waals surface area contributed by atoms with Gasteiger partial charge in [0.05, 0.1) is 0 Å². The lowest BCUT2D eigenvalue weighted by molar-refractivity contribution is 0.0682. The first-order valence-electron chi connectivity index (χ1n) is 19.2. The van der Waals surface area contributed by atoms with Gasteiger partial charge in [0.25, 0.3) is 0 Å². The Morgan fingerprint density at radius 3 is 0.846 bits per heavy atom. The van der Waals surface area contributed by atoms with Crippen molar-refractivity contribution < 1.29 is 17.7 Å². The van der Waals surface area contributed by atoms with Gasteiger partial charge in [-0.25, -0.2) is 0 Å². The van der Waals surface area contributed by atoms with Crippen molar-refractivity contribution in [3.8, 4) is 23.7 Å². The zero-order valence-electron chi connectivity index (χ0n) is 36.7. The van der Waals surface area contributed by atoms with E-state index in [1.54, 1.807) is 0 Å². The van der Waals surface area contributed by atoms with E-state index in [9.17, 15) is 0 Å². The summed E-state index contributed by atoms with van der Waals surface area (Å²) in [7, 11) is -9.02. The first-order valence-corrected chi connectivity index (χ1v) is 30.8. The standard InChI is InChI=1S/C44H74O4Si4/c1-41(2,3)49(13,14)45-37(39(35-29-23-21-24-30-35)47-51(17,18)43(7,8)9)33-27-28-34-38(46-50(15,16)42(4,5)6)40(36-31-25-22-26-32-36)48-52(19,20)44(10,11)12/h21-26,29-32,37-40H,1-20H3/t37-,38-,39+,40+/m0/s1. The lowest BCUT2D eigenvalue weighted by Crippen LogP contribution is -2.48. The van der Waals surface area contributed by atoms with Gasteiger partial charge in [0.1, 0.15) is 24.4 Å². The molecule has 0 bridgehead atoms. The monoisotopic (exact) mass is 778 g/mol. The maximum atomic E-state index is 7.22. The highest BCUT2D eigenvalue weighted by molar-refractivity contribution is 6.75. The minimum absolute atomic E-state index is 0.0110. The van der Waals surface area contributed by atoms with E-state index >= 15 is 0 Å². The van der Waals surface area contributed by atoms with Crippen LogP contribution in [0, 0.1) is 23.7 Å². The molecule has 4 nitrogen and oxygen atoms in total. The van der Waals surface area contributed by atoms with E-state index in [4.69, 9.17) is 17.7 Å². The van der Waals surface area contributed by atoms with Crippen LogP contribution in [-0.4, -0.2) is 45.5 Å². The minimum Gasteiger partial charge on any atom is -0.406 e. The molecule has 0 aromatic heterocycles. The lowest BCUT2D eigenvalue weighted by atomic mass is 10.0. The molecule has 0 heterocycles. The Morgan fingerprint density at radius 1 is 0.385 bits per heavy atom. The van der Waals surface area contributed by atoms with E-state index in [0.29, 0.717) is 0 Å². The zero-order chi connectivity index (χ0) is 40.2. The molecule has 0 amide bonds. The molecule has 2 rings (SSSR count). The van der Waals surface area contributed by atoms with Crippen LogP contribution in [-0.2, 0) is 17.7 Å². The van der Waals surface area contributed by atoms with Crippen LogP contribution in [0.1, 0.15) is 106 Å². The maximum absolute atomic E-state index is 7.22. The van der Waals surface area contributed by atoms with Crippen molar-refractivity contribution in [2.45, 2.75) is 180 Å². The van der Waals surface area contributed by atoms with Crippen LogP contribution in [0.4, 0.5) is 0 Å². The number of hydrogen-bond donors (Lipinski definition) is 0. The summed E-state index contributed by atoms with van der Waals surface area (Å²) in [5, 5.41) is 0.00517. The molecule has 0 spiro atoms. The fourth-order valence-electron chi connectivity index (χ4n) is 4.42. The van der Waals surface area contributed by atoms with Crippen molar-refractivity contribution in [3.63, 3.8) is 0 Å². The van der Waals surface area contributed by atoms with Crippen LogP contribution in [0.3, 0.4) is 0 Å². The van der Waals surface area contributed by atoms with E-state index in [2.05, 4.69) is 208 Å². The Labute approximate surface area is 325 Å². The second-order valence-electron chi connectivity index (χ2n) is 20.6. The third kappa shape index (κ3) is 12.4. The van der Waals surface area contributed by atoms with Crippen molar-refractivity contribution in [1.82, 2.24) is 0 Å². The highest BCUT2D eigenvalue weighted by Crippen LogP contribution is 2.45. The molecule has 0 radical (unpaired) electrons. The van der Waals surface area contributed by atoms with Crippen LogP contribution in [0.5, 0.6) is 0 Å². The minimum atomic E-state index is -2.28. The highest BCUT2D eigenvalue weighted by Gasteiger charge is 2.46. The fraction of sp³-hybridized carbons (Fsp3) is 0.636. The smallest absolute Gasteiger partial charge is 0.193 e. The molecule has 290 valence electrons. The van der Waals surface area contributed by atoms with Crippen molar-refractivity contribution in [3.05, 3.63) is 71.8 Å². The van der Waals surface area contributed by atoms with Gasteiger partial charge in [-0.3, -0.25) is 0 Å². The van der Waals surface area contributed by atoms with Crippen molar-refractivity contribution in [1.29, 1.82) is 0 Å². The average Bonchev–Trinajstić information content (AvgIpc) is 2.98. The second kappa shape index (κ2) is 17.0. The SMILES string of the molecule is CC(C)(C)[Si](C)(C)O[C@@H](C#CC#C[C@H](O[Si](C)(C)C(C)(C)C)[C@H](O[Si](C)(C)C(C)(C)C)c1ccccc1)[C@H](O[Si](C)(C)C(C)(C)C)c1ccccc1. The molecule has 0 N–H and O–H groups in total. The molecule has 0 saturated carbocycles. The van der Waals surface area contributed by atoms with Gasteiger partial charge in [0.2, 0.25) is 0 Å². The maximum Gasteiger partial charge on any atom is 0.193 e. The number of hydrogen-bond acceptors (Lipinski definition) is 4. The predicted octanol–water partition coefficient (Wildman–Crippen LogP) is 13.3. The topological polar surface area (TPSA) is 36.9 Å². The summed E-state index contributed by atoms with van der Waals surface area (Å²) >= 11 is 0. The molecule has 0 fully saturated rings. The van der Waals surface area contributed by atoms with Crippen LogP contribution in [0.2, 0.25) is 72.5 Å². The van der Waals surface area contributed by atoms with E-state index in [1.165, 1.54) is 0 Å². The zero-order valence-corrected chi connectivity index (χ0v) is 40.7. The molecule has 0 saturated heterocycles. The summed E-state index contributed by atoms with van der Waals surface area (Å²) in [5.74, 6) is 13.7. The van der Waals surface area contributed by atoms with Crippen LogP contribution >= 0.6 is 0 Å². The van der Waals surface area contributed by atoms with Gasteiger partial charge in [-0.1, -0.05) is 156 Å². The van der Waals surface area contributed by atoms with Crippen LogP contribution in [0.25, 0.3) is 0 Å². The summed E-state index contributed by atoms with van der Waals surface area (Å²) in [6, 6.07) is 20.9. The Bertz CT molecular complexity index is 1430. The van der Waals surface area contributed by atoms with Gasteiger partial charge < -0.3 is 17.7 Å². The molecule has 4 atom stereocenters. The van der Waals surface area contributed by atoms with Gasteiger partial charge in [-0.15, -0.1) is 0 Å².